The van der Waals surface area contributed by atoms with Crippen LogP contribution in [0.4, 0.5) is 5.69 Å². The number of benzene rings is 2. The Morgan fingerprint density at radius 1 is 1.16 bits per heavy atom. The highest BCUT2D eigenvalue weighted by molar-refractivity contribution is 6.32. The molecule has 0 bridgehead atoms. The Balaban J connectivity index is 2.09. The fraction of sp³-hybridized carbons (Fsp3) is 0.0714. The number of nitrogens with zero attached hydrogens (tertiary/aromatic N) is 1. The van der Waals surface area contributed by atoms with Crippen molar-refractivity contribution in [3.05, 3.63) is 52.5 Å². The van der Waals surface area contributed by atoms with Crippen molar-refractivity contribution in [2.24, 2.45) is 5.10 Å². The number of phenols is 2. The number of hydrazone groups is 1. The largest absolute Gasteiger partial charge is 0.504 e. The first-order chi connectivity index (χ1) is 9.06. The molecule has 0 radical (unpaired) electrons. The molecule has 98 valence electrons. The van der Waals surface area contributed by atoms with Gasteiger partial charge >= 0.3 is 0 Å². The monoisotopic (exact) mass is 276 g/mol. The third-order valence-corrected chi connectivity index (χ3v) is 2.81. The second kappa shape index (κ2) is 5.63. The summed E-state index contributed by atoms with van der Waals surface area (Å²) in [6.07, 6.45) is 1.50. The normalized spacial score (nSPS) is 10.8. The molecule has 0 saturated heterocycles. The molecule has 0 aliphatic carbocycles. The zero-order chi connectivity index (χ0) is 13.8. The van der Waals surface area contributed by atoms with Crippen LogP contribution in [0.15, 0.2) is 41.5 Å². The van der Waals surface area contributed by atoms with Crippen molar-refractivity contribution >= 4 is 23.5 Å². The molecule has 0 aliphatic heterocycles. The van der Waals surface area contributed by atoms with E-state index in [9.17, 15) is 10.2 Å². The highest BCUT2D eigenvalue weighted by Crippen LogP contribution is 2.33. The maximum atomic E-state index is 9.41. The fourth-order valence-corrected chi connectivity index (χ4v) is 1.71. The van der Waals surface area contributed by atoms with Crippen molar-refractivity contribution in [3.63, 3.8) is 0 Å². The summed E-state index contributed by atoms with van der Waals surface area (Å²) in [5.74, 6) is -0.602. The van der Waals surface area contributed by atoms with Gasteiger partial charge in [0, 0.05) is 0 Å². The number of halogens is 1. The predicted octanol–water partition coefficient (Wildman–Crippen LogP) is 3.51. The summed E-state index contributed by atoms with van der Waals surface area (Å²) in [5, 5.41) is 22.8. The van der Waals surface area contributed by atoms with Gasteiger partial charge in [0.2, 0.25) is 0 Å². The third-order valence-electron chi connectivity index (χ3n) is 2.52. The van der Waals surface area contributed by atoms with Gasteiger partial charge < -0.3 is 10.2 Å². The Morgan fingerprint density at radius 3 is 2.47 bits per heavy atom. The minimum Gasteiger partial charge on any atom is -0.504 e. The minimum atomic E-state index is -0.328. The molecule has 2 aromatic rings. The van der Waals surface area contributed by atoms with E-state index in [1.807, 2.05) is 31.2 Å². The Bertz CT molecular complexity index is 586. The first-order valence-corrected chi connectivity index (χ1v) is 6.01. The smallest absolute Gasteiger partial charge is 0.176 e. The zero-order valence-electron chi connectivity index (χ0n) is 10.3. The van der Waals surface area contributed by atoms with E-state index in [-0.39, 0.29) is 16.5 Å². The number of phenolic OH excluding ortho intramolecular Hbond substituents is 2. The van der Waals surface area contributed by atoms with Gasteiger partial charge in [-0.1, -0.05) is 29.3 Å². The summed E-state index contributed by atoms with van der Waals surface area (Å²) in [6.45, 7) is 2.01. The van der Waals surface area contributed by atoms with Gasteiger partial charge in [-0.2, -0.15) is 5.10 Å². The van der Waals surface area contributed by atoms with Gasteiger partial charge in [-0.15, -0.1) is 0 Å². The van der Waals surface area contributed by atoms with Crippen LogP contribution < -0.4 is 5.43 Å². The lowest BCUT2D eigenvalue weighted by Gasteiger charge is -2.02. The Kier molecular flexibility index (Phi) is 3.92. The SMILES string of the molecule is Cc1ccc(N/N=C/c2cc(O)c(O)c(Cl)c2)cc1. The average Bonchev–Trinajstić information content (AvgIpc) is 2.38. The molecule has 0 aliphatic rings. The molecule has 2 aromatic carbocycles. The maximum absolute atomic E-state index is 9.41. The van der Waals surface area contributed by atoms with Crippen LogP contribution in [0.3, 0.4) is 0 Å². The quantitative estimate of drug-likeness (QED) is 0.457. The van der Waals surface area contributed by atoms with E-state index in [0.717, 1.165) is 5.69 Å². The summed E-state index contributed by atoms with van der Waals surface area (Å²) >= 11 is 5.74. The van der Waals surface area contributed by atoms with Crippen LogP contribution in [0.2, 0.25) is 5.02 Å². The Hall–Kier alpha value is -2.20. The molecule has 3 N–H and O–H groups in total. The number of anilines is 1. The molecule has 0 fully saturated rings. The molecule has 19 heavy (non-hydrogen) atoms. The van der Waals surface area contributed by atoms with Crippen molar-refractivity contribution in [1.82, 2.24) is 0 Å². The molecule has 0 atom stereocenters. The second-order valence-corrected chi connectivity index (χ2v) is 4.51. The molecular formula is C14H13ClN2O2. The van der Waals surface area contributed by atoms with Gasteiger partial charge in [0.05, 0.1) is 16.9 Å². The van der Waals surface area contributed by atoms with E-state index >= 15 is 0 Å². The van der Waals surface area contributed by atoms with Crippen LogP contribution in [0.25, 0.3) is 0 Å². The number of aryl methyl sites for hydroxylation is 1. The molecule has 5 heteroatoms. The first-order valence-electron chi connectivity index (χ1n) is 5.63. The number of hydrogen-bond donors (Lipinski definition) is 3. The summed E-state index contributed by atoms with van der Waals surface area (Å²) in [4.78, 5) is 0. The number of aromatic hydroxyl groups is 2. The lowest BCUT2D eigenvalue weighted by Crippen LogP contribution is -1.90. The summed E-state index contributed by atoms with van der Waals surface area (Å²) < 4.78 is 0. The van der Waals surface area contributed by atoms with Gasteiger partial charge in [-0.3, -0.25) is 5.43 Å². The van der Waals surface area contributed by atoms with E-state index in [1.165, 1.54) is 23.9 Å². The molecule has 0 aromatic heterocycles. The molecular weight excluding hydrogens is 264 g/mol. The molecule has 0 spiro atoms. The van der Waals surface area contributed by atoms with E-state index in [1.54, 1.807) is 0 Å². The highest BCUT2D eigenvalue weighted by atomic mass is 35.5. The predicted molar refractivity (Wildman–Crippen MR) is 77.2 cm³/mol. The van der Waals surface area contributed by atoms with E-state index in [0.29, 0.717) is 5.56 Å². The fourth-order valence-electron chi connectivity index (χ4n) is 1.49. The first kappa shape index (κ1) is 13.2. The molecule has 0 amide bonds. The number of hydrogen-bond acceptors (Lipinski definition) is 4. The Labute approximate surface area is 116 Å². The average molecular weight is 277 g/mol. The van der Waals surface area contributed by atoms with Gasteiger partial charge in [0.25, 0.3) is 0 Å². The summed E-state index contributed by atoms with van der Waals surface area (Å²) in [5.41, 5.74) is 5.47. The lowest BCUT2D eigenvalue weighted by atomic mass is 10.2. The van der Waals surface area contributed by atoms with Crippen molar-refractivity contribution in [2.75, 3.05) is 5.43 Å². The van der Waals surface area contributed by atoms with Crippen molar-refractivity contribution in [3.8, 4) is 11.5 Å². The van der Waals surface area contributed by atoms with Gasteiger partial charge in [-0.05, 0) is 36.8 Å². The standard InChI is InChI=1S/C14H13ClN2O2/c1-9-2-4-11(5-3-9)17-16-8-10-6-12(15)14(19)13(18)7-10/h2-8,17-19H,1H3/b16-8+. The third kappa shape index (κ3) is 3.39. The van der Waals surface area contributed by atoms with Gasteiger partial charge in [-0.25, -0.2) is 0 Å². The summed E-state index contributed by atoms with van der Waals surface area (Å²) in [6, 6.07) is 10.7. The number of nitrogens with one attached hydrogen (secondary N) is 1. The highest BCUT2D eigenvalue weighted by Gasteiger charge is 2.05. The Morgan fingerprint density at radius 2 is 1.84 bits per heavy atom. The lowest BCUT2D eigenvalue weighted by molar-refractivity contribution is 0.404. The molecule has 0 saturated carbocycles. The van der Waals surface area contributed by atoms with Crippen LogP contribution in [-0.2, 0) is 0 Å². The molecule has 0 unspecified atom stereocenters. The van der Waals surface area contributed by atoms with Crippen molar-refractivity contribution in [2.45, 2.75) is 6.92 Å². The van der Waals surface area contributed by atoms with Crippen LogP contribution in [0.1, 0.15) is 11.1 Å². The van der Waals surface area contributed by atoms with E-state index < -0.39 is 0 Å². The van der Waals surface area contributed by atoms with E-state index in [4.69, 9.17) is 11.6 Å². The zero-order valence-corrected chi connectivity index (χ0v) is 11.0. The van der Waals surface area contributed by atoms with Crippen LogP contribution >= 0.6 is 11.6 Å². The second-order valence-electron chi connectivity index (χ2n) is 4.11. The number of rotatable bonds is 3. The van der Waals surface area contributed by atoms with Crippen molar-refractivity contribution in [1.29, 1.82) is 0 Å². The van der Waals surface area contributed by atoms with Gasteiger partial charge in [0.1, 0.15) is 0 Å². The molecule has 0 heterocycles. The molecule has 4 nitrogen and oxygen atoms in total. The van der Waals surface area contributed by atoms with Crippen LogP contribution in [-0.4, -0.2) is 16.4 Å². The van der Waals surface area contributed by atoms with Crippen LogP contribution in [0.5, 0.6) is 11.5 Å². The van der Waals surface area contributed by atoms with E-state index in [2.05, 4.69) is 10.5 Å². The topological polar surface area (TPSA) is 64.9 Å². The van der Waals surface area contributed by atoms with Crippen LogP contribution in [0, 0.1) is 6.92 Å². The van der Waals surface area contributed by atoms with Crippen molar-refractivity contribution < 1.29 is 10.2 Å². The maximum Gasteiger partial charge on any atom is 0.176 e. The van der Waals surface area contributed by atoms with Gasteiger partial charge in [0.15, 0.2) is 11.5 Å². The molecule has 2 rings (SSSR count). The summed E-state index contributed by atoms with van der Waals surface area (Å²) in [7, 11) is 0. The minimum absolute atomic E-state index is 0.0804.